The Morgan fingerprint density at radius 2 is 1.04 bits per heavy atom. The van der Waals surface area contributed by atoms with Crippen LogP contribution in [0.4, 0.5) is 11.4 Å². The van der Waals surface area contributed by atoms with Crippen molar-refractivity contribution < 1.29 is 10.2 Å². The highest BCUT2D eigenvalue weighted by atomic mass is 16.3. The number of benzene rings is 3. The molecule has 0 bridgehead atoms. The molecule has 0 aliphatic carbocycles. The summed E-state index contributed by atoms with van der Waals surface area (Å²) in [6.07, 6.45) is 3.25. The third kappa shape index (κ3) is 3.98. The second-order valence-corrected chi connectivity index (χ2v) is 6.06. The first kappa shape index (κ1) is 17.4. The van der Waals surface area contributed by atoms with Crippen LogP contribution in [0.1, 0.15) is 22.3 Å². The molecule has 0 heterocycles. The van der Waals surface area contributed by atoms with Gasteiger partial charge in [-0.15, -0.1) is 0 Å². The van der Waals surface area contributed by atoms with Crippen LogP contribution in [0.3, 0.4) is 0 Å². The predicted molar refractivity (Wildman–Crippen MR) is 107 cm³/mol. The van der Waals surface area contributed by atoms with Gasteiger partial charge in [0.1, 0.15) is 11.5 Å². The third-order valence-corrected chi connectivity index (χ3v) is 4.15. The average molecular weight is 344 g/mol. The summed E-state index contributed by atoms with van der Waals surface area (Å²) in [6, 6.07) is 18.0. The molecule has 3 aromatic rings. The van der Waals surface area contributed by atoms with E-state index in [0.717, 1.165) is 11.1 Å². The van der Waals surface area contributed by atoms with Gasteiger partial charge in [-0.1, -0.05) is 24.3 Å². The molecular weight excluding hydrogens is 324 g/mol. The molecule has 0 radical (unpaired) electrons. The minimum Gasteiger partial charge on any atom is -0.507 e. The number of aryl methyl sites for hydroxylation is 2. The second kappa shape index (κ2) is 7.66. The van der Waals surface area contributed by atoms with Crippen LogP contribution in [0.25, 0.3) is 0 Å². The van der Waals surface area contributed by atoms with Gasteiger partial charge in [0.2, 0.25) is 0 Å². The molecule has 0 atom stereocenters. The van der Waals surface area contributed by atoms with E-state index in [-0.39, 0.29) is 11.5 Å². The average Bonchev–Trinajstić information content (AvgIpc) is 2.63. The Kier molecular flexibility index (Phi) is 5.13. The number of nitrogens with zero attached hydrogens (tertiary/aromatic N) is 2. The largest absolute Gasteiger partial charge is 0.507 e. The fourth-order valence-electron chi connectivity index (χ4n) is 2.46. The molecule has 0 fully saturated rings. The zero-order valence-electron chi connectivity index (χ0n) is 14.7. The lowest BCUT2D eigenvalue weighted by Crippen LogP contribution is -1.85. The van der Waals surface area contributed by atoms with Gasteiger partial charge in [-0.25, -0.2) is 0 Å². The van der Waals surface area contributed by atoms with Crippen molar-refractivity contribution >= 4 is 23.8 Å². The molecule has 0 spiro atoms. The van der Waals surface area contributed by atoms with Crippen LogP contribution in [0, 0.1) is 13.8 Å². The van der Waals surface area contributed by atoms with Crippen LogP contribution in [-0.2, 0) is 0 Å². The molecular formula is C22H20N2O2. The molecule has 26 heavy (non-hydrogen) atoms. The maximum absolute atomic E-state index is 9.89. The van der Waals surface area contributed by atoms with E-state index in [1.165, 1.54) is 0 Å². The molecule has 4 nitrogen and oxygen atoms in total. The van der Waals surface area contributed by atoms with E-state index in [1.54, 1.807) is 48.8 Å². The monoisotopic (exact) mass is 344 g/mol. The smallest absolute Gasteiger partial charge is 0.124 e. The molecule has 3 rings (SSSR count). The van der Waals surface area contributed by atoms with Gasteiger partial charge in [0.15, 0.2) is 0 Å². The Hall–Kier alpha value is -3.40. The number of aliphatic imine (C=N–C) groups is 2. The van der Waals surface area contributed by atoms with Crippen LogP contribution in [-0.4, -0.2) is 22.6 Å². The van der Waals surface area contributed by atoms with Crippen LogP contribution >= 0.6 is 0 Å². The fourth-order valence-corrected chi connectivity index (χ4v) is 2.46. The van der Waals surface area contributed by atoms with Crippen LogP contribution in [0.2, 0.25) is 0 Å². The quantitative estimate of drug-likeness (QED) is 0.638. The van der Waals surface area contributed by atoms with E-state index in [0.29, 0.717) is 22.5 Å². The predicted octanol–water partition coefficient (Wildman–Crippen LogP) is 5.22. The summed E-state index contributed by atoms with van der Waals surface area (Å²) in [5.74, 6) is 0.360. The zero-order chi connectivity index (χ0) is 18.5. The number of rotatable bonds is 4. The van der Waals surface area contributed by atoms with Crippen molar-refractivity contribution in [2.75, 3.05) is 0 Å². The number of phenolic OH excluding ortho intramolecular Hbond substituents is 2. The highest BCUT2D eigenvalue weighted by molar-refractivity contribution is 5.89. The molecule has 3 aromatic carbocycles. The molecule has 0 amide bonds. The first-order valence-electron chi connectivity index (χ1n) is 8.30. The Morgan fingerprint density at radius 3 is 1.42 bits per heavy atom. The van der Waals surface area contributed by atoms with Crippen molar-refractivity contribution in [3.05, 3.63) is 82.9 Å². The third-order valence-electron chi connectivity index (χ3n) is 4.15. The van der Waals surface area contributed by atoms with Gasteiger partial charge in [-0.3, -0.25) is 9.98 Å². The number of phenols is 2. The van der Waals surface area contributed by atoms with E-state index < -0.39 is 0 Å². The summed E-state index contributed by atoms with van der Waals surface area (Å²) in [4.78, 5) is 9.03. The molecule has 0 saturated heterocycles. The first-order chi connectivity index (χ1) is 12.5. The Morgan fingerprint density at radius 1 is 0.654 bits per heavy atom. The number of aromatic hydroxyl groups is 2. The highest BCUT2D eigenvalue weighted by Crippen LogP contribution is 2.32. The first-order valence-corrected chi connectivity index (χ1v) is 8.30. The summed E-state index contributed by atoms with van der Waals surface area (Å²) >= 11 is 0. The molecule has 4 heteroatoms. The van der Waals surface area contributed by atoms with E-state index in [2.05, 4.69) is 9.98 Å². The summed E-state index contributed by atoms with van der Waals surface area (Å²) in [5.41, 5.74) is 4.89. The van der Waals surface area contributed by atoms with Crippen molar-refractivity contribution in [3.63, 3.8) is 0 Å². The SMILES string of the molecule is Cc1cc(N=Cc2ccccc2O)c(N=Cc2ccccc2O)cc1C. The van der Waals surface area contributed by atoms with E-state index in [4.69, 9.17) is 0 Å². The van der Waals surface area contributed by atoms with Gasteiger partial charge < -0.3 is 10.2 Å². The fraction of sp³-hybridized carbons (Fsp3) is 0.0909. The minimum atomic E-state index is 0.180. The van der Waals surface area contributed by atoms with Crippen molar-refractivity contribution in [2.45, 2.75) is 13.8 Å². The van der Waals surface area contributed by atoms with Crippen molar-refractivity contribution in [3.8, 4) is 11.5 Å². The Labute approximate surface area is 152 Å². The molecule has 0 aliphatic rings. The molecule has 0 aromatic heterocycles. The van der Waals surface area contributed by atoms with Crippen molar-refractivity contribution in [2.24, 2.45) is 9.98 Å². The van der Waals surface area contributed by atoms with Gasteiger partial charge >= 0.3 is 0 Å². The lowest BCUT2D eigenvalue weighted by atomic mass is 10.1. The van der Waals surface area contributed by atoms with E-state index in [9.17, 15) is 10.2 Å². The second-order valence-electron chi connectivity index (χ2n) is 6.06. The summed E-state index contributed by atoms with van der Waals surface area (Å²) < 4.78 is 0. The molecule has 130 valence electrons. The van der Waals surface area contributed by atoms with Gasteiger partial charge in [-0.2, -0.15) is 0 Å². The highest BCUT2D eigenvalue weighted by Gasteiger charge is 2.05. The van der Waals surface area contributed by atoms with Crippen molar-refractivity contribution in [1.29, 1.82) is 0 Å². The maximum atomic E-state index is 9.89. The number of para-hydroxylation sites is 2. The zero-order valence-corrected chi connectivity index (χ0v) is 14.7. The van der Waals surface area contributed by atoms with Crippen LogP contribution in [0.15, 0.2) is 70.6 Å². The molecule has 0 aliphatic heterocycles. The molecule has 0 saturated carbocycles. The molecule has 2 N–H and O–H groups in total. The normalized spacial score (nSPS) is 11.5. The lowest BCUT2D eigenvalue weighted by molar-refractivity contribution is 0.474. The summed E-state index contributed by atoms with van der Waals surface area (Å²) in [6.45, 7) is 4.04. The van der Waals surface area contributed by atoms with Gasteiger partial charge in [0, 0.05) is 23.6 Å². The Balaban J connectivity index is 1.99. The van der Waals surface area contributed by atoms with Crippen molar-refractivity contribution in [1.82, 2.24) is 0 Å². The maximum Gasteiger partial charge on any atom is 0.124 e. The standard InChI is InChI=1S/C22H20N2O2/c1-15-11-19(23-13-17-7-3-5-9-21(17)25)20(12-16(15)2)24-14-18-8-4-6-10-22(18)26/h3-14,25-26H,1-2H3. The van der Waals surface area contributed by atoms with Gasteiger partial charge in [0.05, 0.1) is 11.4 Å². The topological polar surface area (TPSA) is 65.2 Å². The molecule has 0 unspecified atom stereocenters. The Bertz CT molecular complexity index is 911. The van der Waals surface area contributed by atoms with Gasteiger partial charge in [0.25, 0.3) is 0 Å². The lowest BCUT2D eigenvalue weighted by Gasteiger charge is -2.06. The summed E-state index contributed by atoms with van der Waals surface area (Å²) in [7, 11) is 0. The van der Waals surface area contributed by atoms with Crippen LogP contribution in [0.5, 0.6) is 11.5 Å². The minimum absolute atomic E-state index is 0.180. The van der Waals surface area contributed by atoms with Gasteiger partial charge in [-0.05, 0) is 61.4 Å². The summed E-state index contributed by atoms with van der Waals surface area (Å²) in [5, 5.41) is 19.8. The van der Waals surface area contributed by atoms with E-state index >= 15 is 0 Å². The van der Waals surface area contributed by atoms with E-state index in [1.807, 2.05) is 38.1 Å². The number of hydrogen-bond acceptors (Lipinski definition) is 4. The number of hydrogen-bond donors (Lipinski definition) is 2. The van der Waals surface area contributed by atoms with Crippen LogP contribution < -0.4 is 0 Å².